The van der Waals surface area contributed by atoms with Gasteiger partial charge in [0.2, 0.25) is 10.4 Å². The molecule has 0 aromatic carbocycles. The zero-order chi connectivity index (χ0) is 34.0. The fraction of sp³-hybridized carbons (Fsp3) is 1.00. The number of ether oxygens (including phenoxy) is 3. The molecule has 0 radical (unpaired) electrons. The molecule has 47 heavy (non-hydrogen) atoms. The minimum absolute atomic E-state index is 0. The van der Waals surface area contributed by atoms with Crippen molar-refractivity contribution in [2.24, 2.45) is 46.3 Å². The van der Waals surface area contributed by atoms with Gasteiger partial charge in [0, 0.05) is 19.4 Å². The molecule has 0 bridgehead atoms. The number of hydrogen-bond donors (Lipinski definition) is 5. The summed E-state index contributed by atoms with van der Waals surface area (Å²) >= 11 is 0. The Kier molecular flexibility index (Phi) is 12.8. The van der Waals surface area contributed by atoms with Crippen molar-refractivity contribution in [2.45, 2.75) is 147 Å². The minimum atomic E-state index is -5.06. The summed E-state index contributed by atoms with van der Waals surface area (Å²) < 4.78 is 58.1. The van der Waals surface area contributed by atoms with Gasteiger partial charge in [-0.15, -0.1) is 0 Å². The number of hydrogen-bond acceptors (Lipinski definition) is 12. The Balaban J connectivity index is 0.00000500. The molecule has 1 aliphatic heterocycles. The second-order valence-corrected chi connectivity index (χ2v) is 17.2. The number of aliphatic hydroxyl groups excluding tert-OH is 4. The molecule has 0 aromatic rings. The van der Waals surface area contributed by atoms with E-state index in [0.717, 1.165) is 12.8 Å². The third-order valence-electron chi connectivity index (χ3n) is 13.3. The molecule has 4 aliphatic carbocycles. The SMILES string of the molecule is CO[C@@H]1[C@@H](O)[C@H](O[C@@H](CC[C@@H](C)[C@H]2C[C@H](O)[C@@H]3[C@]2(C)CC[C@@H]2[C@@]4(C)CC[C@H](O)C[C@@H]4[C@@H](OS(=O)(=O)[O-])C[C@]23O)C(C)C)O[C@H]1CO.[Na+]. The van der Waals surface area contributed by atoms with Gasteiger partial charge < -0.3 is 44.3 Å². The van der Waals surface area contributed by atoms with Crippen molar-refractivity contribution in [3.63, 3.8) is 0 Å². The number of methoxy groups -OCH3 is 1. The van der Waals surface area contributed by atoms with Crippen molar-refractivity contribution in [2.75, 3.05) is 13.7 Å². The van der Waals surface area contributed by atoms with Gasteiger partial charge in [0.1, 0.15) is 18.3 Å². The Morgan fingerprint density at radius 3 is 2.26 bits per heavy atom. The molecular weight excluding hydrogens is 643 g/mol. The van der Waals surface area contributed by atoms with Crippen LogP contribution in [0.1, 0.15) is 92.4 Å². The van der Waals surface area contributed by atoms with Crippen LogP contribution in [0.4, 0.5) is 0 Å². The number of rotatable bonds is 11. The van der Waals surface area contributed by atoms with Crippen molar-refractivity contribution < 1.29 is 86.5 Å². The quantitative estimate of drug-likeness (QED) is 0.101. The second kappa shape index (κ2) is 14.9. The van der Waals surface area contributed by atoms with E-state index in [1.165, 1.54) is 7.11 Å². The molecule has 4 saturated carbocycles. The van der Waals surface area contributed by atoms with Crippen LogP contribution in [0.3, 0.4) is 0 Å². The van der Waals surface area contributed by atoms with Gasteiger partial charge in [0.05, 0.1) is 36.6 Å². The van der Waals surface area contributed by atoms with Crippen molar-refractivity contribution >= 4 is 10.4 Å². The summed E-state index contributed by atoms with van der Waals surface area (Å²) in [4.78, 5) is 0. The summed E-state index contributed by atoms with van der Waals surface area (Å²) in [7, 11) is -3.60. The maximum Gasteiger partial charge on any atom is 1.00 e. The van der Waals surface area contributed by atoms with Crippen LogP contribution in [0.5, 0.6) is 0 Å². The van der Waals surface area contributed by atoms with Gasteiger partial charge in [0.25, 0.3) is 0 Å². The third kappa shape index (κ3) is 7.42. The van der Waals surface area contributed by atoms with E-state index >= 15 is 0 Å². The maximum atomic E-state index is 12.7. The van der Waals surface area contributed by atoms with Gasteiger partial charge in [-0.25, -0.2) is 8.42 Å². The molecule has 5 rings (SSSR count). The number of aliphatic hydroxyl groups is 5. The molecule has 0 spiro atoms. The van der Waals surface area contributed by atoms with Crippen LogP contribution < -0.4 is 29.6 Å². The molecule has 0 amide bonds. The van der Waals surface area contributed by atoms with Crippen molar-refractivity contribution in [3.8, 4) is 0 Å². The van der Waals surface area contributed by atoms with Crippen LogP contribution in [0, 0.1) is 46.3 Å². The van der Waals surface area contributed by atoms with Crippen LogP contribution in [-0.4, -0.2) is 107 Å². The van der Waals surface area contributed by atoms with E-state index in [9.17, 15) is 38.5 Å². The first-order valence-electron chi connectivity index (χ1n) is 17.2. The Morgan fingerprint density at radius 1 is 1.02 bits per heavy atom. The molecule has 0 unspecified atom stereocenters. The van der Waals surface area contributed by atoms with Gasteiger partial charge in [-0.3, -0.25) is 4.18 Å². The summed E-state index contributed by atoms with van der Waals surface area (Å²) in [6.45, 7) is 10.1. The molecular formula is C33H57NaO12S. The monoisotopic (exact) mass is 700 g/mol. The molecule has 5 N–H and O–H groups in total. The fourth-order valence-electron chi connectivity index (χ4n) is 11.2. The largest absolute Gasteiger partial charge is 1.00 e. The second-order valence-electron chi connectivity index (χ2n) is 16.2. The van der Waals surface area contributed by atoms with Crippen LogP contribution in [0.25, 0.3) is 0 Å². The Hall–Kier alpha value is 0.550. The average Bonchev–Trinajstić information content (AvgIpc) is 3.42. The Labute approximate surface area is 302 Å². The van der Waals surface area contributed by atoms with Crippen molar-refractivity contribution in [1.82, 2.24) is 0 Å². The molecule has 5 aliphatic rings. The van der Waals surface area contributed by atoms with Crippen LogP contribution in [0.2, 0.25) is 0 Å². The summed E-state index contributed by atoms with van der Waals surface area (Å²) in [5.41, 5.74) is -2.44. The number of fused-ring (bicyclic) bond motifs is 5. The van der Waals surface area contributed by atoms with E-state index in [0.29, 0.717) is 38.5 Å². The van der Waals surface area contributed by atoms with Gasteiger partial charge in [-0.2, -0.15) is 0 Å². The van der Waals surface area contributed by atoms with Gasteiger partial charge in [-0.1, -0.05) is 34.6 Å². The predicted octanol–water partition coefficient (Wildman–Crippen LogP) is -0.898. The normalized spacial score (nSPS) is 47.9. The molecule has 16 atom stereocenters. The Bertz CT molecular complexity index is 1180. The average molecular weight is 701 g/mol. The Morgan fingerprint density at radius 2 is 1.68 bits per heavy atom. The third-order valence-corrected chi connectivity index (χ3v) is 13.8. The fourth-order valence-corrected chi connectivity index (χ4v) is 11.7. The van der Waals surface area contributed by atoms with E-state index in [4.69, 9.17) is 18.4 Å². The van der Waals surface area contributed by atoms with E-state index < -0.39 is 81.6 Å². The van der Waals surface area contributed by atoms with Crippen molar-refractivity contribution in [3.05, 3.63) is 0 Å². The zero-order valence-electron chi connectivity index (χ0n) is 29.2. The molecule has 0 aromatic heterocycles. The molecule has 1 saturated heterocycles. The van der Waals surface area contributed by atoms with Crippen LogP contribution in [-0.2, 0) is 28.8 Å². The first-order valence-corrected chi connectivity index (χ1v) is 18.6. The topological polar surface area (TPSA) is 195 Å². The van der Waals surface area contributed by atoms with E-state index in [-0.39, 0.29) is 72.4 Å². The first kappa shape index (κ1) is 40.3. The first-order chi connectivity index (χ1) is 21.4. The molecule has 14 heteroatoms. The molecule has 1 heterocycles. The maximum absolute atomic E-state index is 12.7. The van der Waals surface area contributed by atoms with E-state index in [1.54, 1.807) is 0 Å². The molecule has 5 fully saturated rings. The van der Waals surface area contributed by atoms with Gasteiger partial charge >= 0.3 is 29.6 Å². The standard InChI is InChI=1S/C33H58O12S.Na/c1-17(2)23(43-30-27(37)28(42-6)25(16-34)44-30)8-7-18(3)20-14-22(36)29-32(20,5)12-10-26-31(4)11-9-19(35)13-21(31)24(15-33(26,29)38)45-46(39,40)41;/h17-30,34-38H,7-16H2,1-6H3,(H,39,40,41);/q;+1/p-1/t18-,19+,20-,21-,22+,23+,24+,25+,26-,27-,28+,29-,30-,31+,32-,33+;/m1./s1. The van der Waals surface area contributed by atoms with E-state index in [1.807, 2.05) is 20.8 Å². The summed E-state index contributed by atoms with van der Waals surface area (Å²) in [5.74, 6) is -0.834. The summed E-state index contributed by atoms with van der Waals surface area (Å²) in [6, 6.07) is 0. The summed E-state index contributed by atoms with van der Waals surface area (Å²) in [6.07, 6.45) is -1.32. The van der Waals surface area contributed by atoms with Gasteiger partial charge in [-0.05, 0) is 91.8 Å². The zero-order valence-corrected chi connectivity index (χ0v) is 32.0. The minimum Gasteiger partial charge on any atom is -0.726 e. The van der Waals surface area contributed by atoms with Crippen LogP contribution in [0.15, 0.2) is 0 Å². The van der Waals surface area contributed by atoms with E-state index in [2.05, 4.69) is 13.8 Å². The van der Waals surface area contributed by atoms with Crippen molar-refractivity contribution in [1.29, 1.82) is 0 Å². The van der Waals surface area contributed by atoms with Crippen LogP contribution >= 0.6 is 0 Å². The summed E-state index contributed by atoms with van der Waals surface area (Å²) in [5, 5.41) is 55.3. The smallest absolute Gasteiger partial charge is 0.726 e. The molecule has 268 valence electrons. The predicted molar refractivity (Wildman–Crippen MR) is 165 cm³/mol. The molecule has 12 nitrogen and oxygen atoms in total. The van der Waals surface area contributed by atoms with Gasteiger partial charge in [0.15, 0.2) is 6.29 Å².